The highest BCUT2D eigenvalue weighted by Crippen LogP contribution is 2.29. The number of esters is 1. The van der Waals surface area contributed by atoms with Crippen LogP contribution in [0.3, 0.4) is 0 Å². The quantitative estimate of drug-likeness (QED) is 0.458. The standard InChI is InChI=1S/C16H16N2O6S/c1-11-8-9-12(18(20)21)10-15(11)25(22,23)17(2)14-7-5-4-6-13(14)16(19)24-3/h4-10H,1-3H3. The van der Waals surface area contributed by atoms with Gasteiger partial charge in [0.1, 0.15) is 0 Å². The Morgan fingerprint density at radius 2 is 1.84 bits per heavy atom. The van der Waals surface area contributed by atoms with Gasteiger partial charge < -0.3 is 4.74 Å². The zero-order valence-corrected chi connectivity index (χ0v) is 14.6. The molecule has 0 amide bonds. The van der Waals surface area contributed by atoms with E-state index in [-0.39, 0.29) is 21.8 Å². The summed E-state index contributed by atoms with van der Waals surface area (Å²) in [5.41, 5.74) is 0.200. The van der Waals surface area contributed by atoms with Crippen LogP contribution in [-0.4, -0.2) is 33.5 Å². The van der Waals surface area contributed by atoms with Gasteiger partial charge in [0, 0.05) is 19.2 Å². The van der Waals surface area contributed by atoms with Crippen LogP contribution in [0.25, 0.3) is 0 Å². The summed E-state index contributed by atoms with van der Waals surface area (Å²) in [5, 5.41) is 10.9. The lowest BCUT2D eigenvalue weighted by Gasteiger charge is -2.22. The van der Waals surface area contributed by atoms with Crippen molar-refractivity contribution in [3.63, 3.8) is 0 Å². The molecule has 0 aliphatic rings. The molecule has 0 N–H and O–H groups in total. The number of non-ortho nitro benzene ring substituents is 1. The average molecular weight is 364 g/mol. The van der Waals surface area contributed by atoms with E-state index >= 15 is 0 Å². The number of para-hydroxylation sites is 1. The average Bonchev–Trinajstić information content (AvgIpc) is 2.60. The zero-order valence-electron chi connectivity index (χ0n) is 13.8. The maximum absolute atomic E-state index is 12.9. The first-order valence-electron chi connectivity index (χ1n) is 7.11. The van der Waals surface area contributed by atoms with E-state index in [1.165, 1.54) is 45.3 Å². The Bertz CT molecular complexity index is 939. The fourth-order valence-corrected chi connectivity index (χ4v) is 3.75. The van der Waals surface area contributed by atoms with Gasteiger partial charge in [0.2, 0.25) is 0 Å². The minimum Gasteiger partial charge on any atom is -0.465 e. The van der Waals surface area contributed by atoms with Gasteiger partial charge >= 0.3 is 5.97 Å². The van der Waals surface area contributed by atoms with Crippen molar-refractivity contribution in [3.05, 3.63) is 63.7 Å². The van der Waals surface area contributed by atoms with E-state index in [0.29, 0.717) is 5.56 Å². The summed E-state index contributed by atoms with van der Waals surface area (Å²) >= 11 is 0. The first kappa shape index (κ1) is 18.4. The number of anilines is 1. The molecular formula is C16H16N2O6S. The summed E-state index contributed by atoms with van der Waals surface area (Å²) in [4.78, 5) is 22.0. The molecule has 0 fully saturated rings. The Morgan fingerprint density at radius 3 is 2.44 bits per heavy atom. The molecule has 0 unspecified atom stereocenters. The van der Waals surface area contributed by atoms with Gasteiger partial charge in [0.25, 0.3) is 15.7 Å². The van der Waals surface area contributed by atoms with Gasteiger partial charge in [-0.25, -0.2) is 13.2 Å². The fraction of sp³-hybridized carbons (Fsp3) is 0.188. The predicted molar refractivity (Wildman–Crippen MR) is 91.2 cm³/mol. The molecule has 0 saturated carbocycles. The molecular weight excluding hydrogens is 348 g/mol. The number of carbonyl (C=O) groups excluding carboxylic acids is 1. The van der Waals surface area contributed by atoms with E-state index in [4.69, 9.17) is 0 Å². The van der Waals surface area contributed by atoms with Gasteiger partial charge in [0.05, 0.1) is 28.2 Å². The molecule has 8 nitrogen and oxygen atoms in total. The third kappa shape index (κ3) is 3.45. The van der Waals surface area contributed by atoms with Crippen LogP contribution in [0.1, 0.15) is 15.9 Å². The Morgan fingerprint density at radius 1 is 1.20 bits per heavy atom. The van der Waals surface area contributed by atoms with Crippen molar-refractivity contribution in [2.24, 2.45) is 0 Å². The van der Waals surface area contributed by atoms with Crippen LogP contribution >= 0.6 is 0 Å². The third-order valence-electron chi connectivity index (χ3n) is 3.67. The van der Waals surface area contributed by atoms with Crippen LogP contribution in [0.2, 0.25) is 0 Å². The van der Waals surface area contributed by atoms with Crippen LogP contribution in [0.4, 0.5) is 11.4 Å². The second kappa shape index (κ2) is 6.89. The lowest BCUT2D eigenvalue weighted by Crippen LogP contribution is -2.29. The number of rotatable bonds is 5. The normalized spacial score (nSPS) is 11.0. The van der Waals surface area contributed by atoms with Crippen LogP contribution < -0.4 is 4.31 Å². The number of sulfonamides is 1. The molecule has 0 heterocycles. The topological polar surface area (TPSA) is 107 Å². The number of benzene rings is 2. The second-order valence-corrected chi connectivity index (χ2v) is 7.13. The van der Waals surface area contributed by atoms with E-state index in [1.807, 2.05) is 0 Å². The number of nitrogens with zero attached hydrogens (tertiary/aromatic N) is 2. The van der Waals surface area contributed by atoms with Crippen molar-refractivity contribution in [1.82, 2.24) is 0 Å². The second-order valence-electron chi connectivity index (χ2n) is 5.19. The molecule has 0 aliphatic carbocycles. The monoisotopic (exact) mass is 364 g/mol. The van der Waals surface area contributed by atoms with Crippen molar-refractivity contribution < 1.29 is 22.9 Å². The van der Waals surface area contributed by atoms with Gasteiger partial charge in [-0.3, -0.25) is 14.4 Å². The summed E-state index contributed by atoms with van der Waals surface area (Å²) in [6.07, 6.45) is 0. The highest BCUT2D eigenvalue weighted by Gasteiger charge is 2.28. The van der Waals surface area contributed by atoms with E-state index in [1.54, 1.807) is 12.1 Å². The van der Waals surface area contributed by atoms with Gasteiger partial charge in [-0.05, 0) is 24.6 Å². The molecule has 9 heteroatoms. The largest absolute Gasteiger partial charge is 0.465 e. The zero-order chi connectivity index (χ0) is 18.8. The molecule has 0 aliphatic heterocycles. The number of methoxy groups -OCH3 is 1. The van der Waals surface area contributed by atoms with Crippen molar-refractivity contribution in [3.8, 4) is 0 Å². The van der Waals surface area contributed by atoms with Crippen LogP contribution in [-0.2, 0) is 14.8 Å². The molecule has 0 spiro atoms. The van der Waals surface area contributed by atoms with Crippen LogP contribution in [0.15, 0.2) is 47.4 Å². The Balaban J connectivity index is 2.60. The number of aryl methyl sites for hydroxylation is 1. The molecule has 0 saturated heterocycles. The highest BCUT2D eigenvalue weighted by molar-refractivity contribution is 7.92. The molecule has 25 heavy (non-hydrogen) atoms. The molecule has 0 aromatic heterocycles. The number of hydrogen-bond donors (Lipinski definition) is 0. The maximum atomic E-state index is 12.9. The lowest BCUT2D eigenvalue weighted by molar-refractivity contribution is -0.385. The van der Waals surface area contributed by atoms with E-state index in [2.05, 4.69) is 4.74 Å². The summed E-state index contributed by atoms with van der Waals surface area (Å²) in [7, 11) is -1.66. The summed E-state index contributed by atoms with van der Waals surface area (Å²) in [6, 6.07) is 9.65. The van der Waals surface area contributed by atoms with Gasteiger partial charge in [-0.2, -0.15) is 0 Å². The van der Waals surface area contributed by atoms with Crippen molar-refractivity contribution in [1.29, 1.82) is 0 Å². The molecule has 0 atom stereocenters. The molecule has 132 valence electrons. The van der Waals surface area contributed by atoms with Crippen molar-refractivity contribution in [2.45, 2.75) is 11.8 Å². The van der Waals surface area contributed by atoms with Crippen molar-refractivity contribution >= 4 is 27.4 Å². The lowest BCUT2D eigenvalue weighted by atomic mass is 10.2. The Labute approximate surface area is 144 Å². The number of carbonyl (C=O) groups is 1. The Hall–Kier alpha value is -2.94. The molecule has 0 radical (unpaired) electrons. The SMILES string of the molecule is COC(=O)c1ccccc1N(C)S(=O)(=O)c1cc([N+](=O)[O-])ccc1C. The van der Waals surface area contributed by atoms with E-state index < -0.39 is 20.9 Å². The highest BCUT2D eigenvalue weighted by atomic mass is 32.2. The predicted octanol–water partition coefficient (Wildman–Crippen LogP) is 2.51. The van der Waals surface area contributed by atoms with Crippen LogP contribution in [0, 0.1) is 17.0 Å². The minimum absolute atomic E-state index is 0.0687. The number of nitro groups is 1. The van der Waals surface area contributed by atoms with E-state index in [0.717, 1.165) is 10.4 Å². The Kier molecular flexibility index (Phi) is 5.07. The maximum Gasteiger partial charge on any atom is 0.340 e. The van der Waals surface area contributed by atoms with Gasteiger partial charge in [-0.1, -0.05) is 18.2 Å². The smallest absolute Gasteiger partial charge is 0.340 e. The van der Waals surface area contributed by atoms with Gasteiger partial charge in [-0.15, -0.1) is 0 Å². The molecule has 2 aromatic rings. The van der Waals surface area contributed by atoms with Crippen molar-refractivity contribution in [2.75, 3.05) is 18.5 Å². The number of hydrogen-bond acceptors (Lipinski definition) is 6. The third-order valence-corrected chi connectivity index (χ3v) is 5.58. The van der Waals surface area contributed by atoms with Gasteiger partial charge in [0.15, 0.2) is 0 Å². The summed E-state index contributed by atoms with van der Waals surface area (Å²) < 4.78 is 31.5. The summed E-state index contributed by atoms with van der Waals surface area (Å²) in [6.45, 7) is 1.54. The number of ether oxygens (including phenoxy) is 1. The first-order valence-corrected chi connectivity index (χ1v) is 8.55. The fourth-order valence-electron chi connectivity index (χ4n) is 2.29. The molecule has 2 rings (SSSR count). The summed E-state index contributed by atoms with van der Waals surface area (Å²) in [5.74, 6) is -0.687. The van der Waals surface area contributed by atoms with Crippen LogP contribution in [0.5, 0.6) is 0 Å². The molecule has 2 aromatic carbocycles. The molecule has 0 bridgehead atoms. The first-order chi connectivity index (χ1) is 11.7. The van der Waals surface area contributed by atoms with E-state index in [9.17, 15) is 23.3 Å². The number of nitro benzene ring substituents is 1. The minimum atomic E-state index is -4.12.